The summed E-state index contributed by atoms with van der Waals surface area (Å²) in [6.07, 6.45) is -0.781. The lowest BCUT2D eigenvalue weighted by atomic mass is 10.1. The highest BCUT2D eigenvalue weighted by Gasteiger charge is 2.16. The summed E-state index contributed by atoms with van der Waals surface area (Å²) >= 11 is 5.95. The van der Waals surface area contributed by atoms with E-state index in [4.69, 9.17) is 16.3 Å². The van der Waals surface area contributed by atoms with Crippen molar-refractivity contribution in [1.29, 1.82) is 0 Å². The molecule has 0 aliphatic carbocycles. The zero-order chi connectivity index (χ0) is 13.3. The molecule has 1 aromatic carbocycles. The van der Waals surface area contributed by atoms with E-state index in [1.165, 1.54) is 0 Å². The van der Waals surface area contributed by atoms with Crippen molar-refractivity contribution in [1.82, 2.24) is 9.78 Å². The van der Waals surface area contributed by atoms with E-state index >= 15 is 0 Å². The van der Waals surface area contributed by atoms with Crippen LogP contribution in [0.3, 0.4) is 0 Å². The molecule has 18 heavy (non-hydrogen) atoms. The standard InChI is InChI=1S/C13H15ClN2O2/c1-8-6-11(15-16(8)2)13(17)9-4-5-10(14)12(7-9)18-3/h4-7,13,17H,1-3H3. The van der Waals surface area contributed by atoms with Crippen molar-refractivity contribution in [2.45, 2.75) is 13.0 Å². The predicted octanol–water partition coefficient (Wildman–Crippen LogP) is 2.47. The van der Waals surface area contributed by atoms with Gasteiger partial charge < -0.3 is 9.84 Å². The summed E-state index contributed by atoms with van der Waals surface area (Å²) in [4.78, 5) is 0. The van der Waals surface area contributed by atoms with E-state index in [9.17, 15) is 5.11 Å². The summed E-state index contributed by atoms with van der Waals surface area (Å²) in [6.45, 7) is 1.94. The lowest BCUT2D eigenvalue weighted by Crippen LogP contribution is -2.02. The van der Waals surface area contributed by atoms with Crippen LogP contribution in [-0.4, -0.2) is 22.0 Å². The maximum absolute atomic E-state index is 10.3. The molecule has 4 nitrogen and oxygen atoms in total. The Morgan fingerprint density at radius 1 is 1.39 bits per heavy atom. The maximum Gasteiger partial charge on any atom is 0.137 e. The minimum absolute atomic E-state index is 0.519. The summed E-state index contributed by atoms with van der Waals surface area (Å²) in [5, 5.41) is 15.0. The molecule has 2 rings (SSSR count). The van der Waals surface area contributed by atoms with Crippen LogP contribution >= 0.6 is 11.6 Å². The number of halogens is 1. The molecule has 96 valence electrons. The first-order chi connectivity index (χ1) is 8.52. The molecule has 0 saturated heterocycles. The van der Waals surface area contributed by atoms with Crippen LogP contribution in [-0.2, 0) is 7.05 Å². The van der Waals surface area contributed by atoms with Crippen LogP contribution in [0.1, 0.15) is 23.1 Å². The van der Waals surface area contributed by atoms with E-state index < -0.39 is 6.10 Å². The summed E-state index contributed by atoms with van der Waals surface area (Å²) in [5.74, 6) is 0.542. The topological polar surface area (TPSA) is 47.3 Å². The average Bonchev–Trinajstić information content (AvgIpc) is 2.69. The van der Waals surface area contributed by atoms with Crippen molar-refractivity contribution in [2.75, 3.05) is 7.11 Å². The van der Waals surface area contributed by atoms with Crippen LogP contribution < -0.4 is 4.74 Å². The molecule has 0 aliphatic heterocycles. The summed E-state index contributed by atoms with van der Waals surface area (Å²) < 4.78 is 6.86. The molecule has 5 heteroatoms. The van der Waals surface area contributed by atoms with Crippen LogP contribution in [0.25, 0.3) is 0 Å². The number of aliphatic hydroxyl groups is 1. The van der Waals surface area contributed by atoms with Gasteiger partial charge in [-0.2, -0.15) is 5.10 Å². The fourth-order valence-corrected chi connectivity index (χ4v) is 1.93. The summed E-state index contributed by atoms with van der Waals surface area (Å²) in [6, 6.07) is 7.04. The Balaban J connectivity index is 2.36. The number of aromatic nitrogens is 2. The zero-order valence-electron chi connectivity index (χ0n) is 10.5. The van der Waals surface area contributed by atoms with Crippen molar-refractivity contribution in [3.05, 3.63) is 46.2 Å². The first-order valence-corrected chi connectivity index (χ1v) is 5.92. The third-order valence-corrected chi connectivity index (χ3v) is 3.22. The average molecular weight is 267 g/mol. The van der Waals surface area contributed by atoms with Crippen LogP contribution in [0.4, 0.5) is 0 Å². The molecular formula is C13H15ClN2O2. The Kier molecular flexibility index (Phi) is 3.59. The lowest BCUT2D eigenvalue weighted by Gasteiger charge is -2.10. The highest BCUT2D eigenvalue weighted by molar-refractivity contribution is 6.32. The fourth-order valence-electron chi connectivity index (χ4n) is 1.74. The normalized spacial score (nSPS) is 12.5. The lowest BCUT2D eigenvalue weighted by molar-refractivity contribution is 0.214. The van der Waals surface area contributed by atoms with Gasteiger partial charge in [-0.25, -0.2) is 0 Å². The second-order valence-corrected chi connectivity index (χ2v) is 4.54. The molecule has 0 amide bonds. The first kappa shape index (κ1) is 12.9. The van der Waals surface area contributed by atoms with Gasteiger partial charge in [-0.3, -0.25) is 4.68 Å². The zero-order valence-corrected chi connectivity index (χ0v) is 11.3. The molecule has 0 aliphatic rings. The smallest absolute Gasteiger partial charge is 0.137 e. The molecule has 1 unspecified atom stereocenters. The van der Waals surface area contributed by atoms with Gasteiger partial charge in [-0.15, -0.1) is 0 Å². The van der Waals surface area contributed by atoms with E-state index in [0.717, 1.165) is 5.69 Å². The van der Waals surface area contributed by atoms with Gasteiger partial charge in [-0.05, 0) is 30.7 Å². The number of hydrogen-bond donors (Lipinski definition) is 1. The second kappa shape index (κ2) is 5.00. The van der Waals surface area contributed by atoms with Crippen molar-refractivity contribution < 1.29 is 9.84 Å². The van der Waals surface area contributed by atoms with E-state index in [1.54, 1.807) is 30.0 Å². The van der Waals surface area contributed by atoms with Gasteiger partial charge in [0.1, 0.15) is 11.9 Å². The van der Waals surface area contributed by atoms with E-state index in [-0.39, 0.29) is 0 Å². The molecule has 0 saturated carbocycles. The van der Waals surface area contributed by atoms with Crippen LogP contribution in [0.15, 0.2) is 24.3 Å². The number of benzene rings is 1. The van der Waals surface area contributed by atoms with E-state index in [2.05, 4.69) is 5.10 Å². The molecule has 1 aromatic heterocycles. The minimum Gasteiger partial charge on any atom is -0.495 e. The molecule has 1 N–H and O–H groups in total. The van der Waals surface area contributed by atoms with Gasteiger partial charge in [0.25, 0.3) is 0 Å². The van der Waals surface area contributed by atoms with Crippen LogP contribution in [0.2, 0.25) is 5.02 Å². The number of nitrogens with zero attached hydrogens (tertiary/aromatic N) is 2. The highest BCUT2D eigenvalue weighted by Crippen LogP contribution is 2.30. The monoisotopic (exact) mass is 266 g/mol. The molecule has 0 bridgehead atoms. The third-order valence-electron chi connectivity index (χ3n) is 2.90. The van der Waals surface area contributed by atoms with Gasteiger partial charge in [0.15, 0.2) is 0 Å². The Morgan fingerprint density at radius 3 is 2.67 bits per heavy atom. The van der Waals surface area contributed by atoms with Crippen molar-refractivity contribution in [3.63, 3.8) is 0 Å². The number of ether oxygens (including phenoxy) is 1. The molecule has 1 heterocycles. The number of aliphatic hydroxyl groups excluding tert-OH is 1. The number of rotatable bonds is 3. The van der Waals surface area contributed by atoms with E-state index in [1.807, 2.05) is 20.0 Å². The predicted molar refractivity (Wildman–Crippen MR) is 70.0 cm³/mol. The highest BCUT2D eigenvalue weighted by atomic mass is 35.5. The SMILES string of the molecule is COc1cc(C(O)c2cc(C)n(C)n2)ccc1Cl. The quantitative estimate of drug-likeness (QED) is 0.928. The largest absolute Gasteiger partial charge is 0.495 e. The number of aryl methyl sites for hydroxylation is 2. The van der Waals surface area contributed by atoms with Crippen LogP contribution in [0, 0.1) is 6.92 Å². The summed E-state index contributed by atoms with van der Waals surface area (Å²) in [7, 11) is 3.39. The van der Waals surface area contributed by atoms with Crippen LogP contribution in [0.5, 0.6) is 5.75 Å². The Morgan fingerprint density at radius 2 is 2.11 bits per heavy atom. The molecule has 0 fully saturated rings. The third kappa shape index (κ3) is 2.35. The van der Waals surface area contributed by atoms with Crippen molar-refractivity contribution in [3.8, 4) is 5.75 Å². The number of hydrogen-bond acceptors (Lipinski definition) is 3. The second-order valence-electron chi connectivity index (χ2n) is 4.13. The molecule has 0 radical (unpaired) electrons. The Bertz CT molecular complexity index is 547. The van der Waals surface area contributed by atoms with Gasteiger partial charge in [0.05, 0.1) is 17.8 Å². The van der Waals surface area contributed by atoms with Gasteiger partial charge in [-0.1, -0.05) is 17.7 Å². The van der Waals surface area contributed by atoms with Gasteiger partial charge in [0.2, 0.25) is 0 Å². The number of methoxy groups -OCH3 is 1. The molecular weight excluding hydrogens is 252 g/mol. The minimum atomic E-state index is -0.781. The Hall–Kier alpha value is -1.52. The first-order valence-electron chi connectivity index (χ1n) is 5.55. The Labute approximate surface area is 111 Å². The molecule has 2 aromatic rings. The molecule has 1 atom stereocenters. The fraction of sp³-hybridized carbons (Fsp3) is 0.308. The van der Waals surface area contributed by atoms with Crippen molar-refractivity contribution >= 4 is 11.6 Å². The molecule has 0 spiro atoms. The van der Waals surface area contributed by atoms with Crippen molar-refractivity contribution in [2.24, 2.45) is 7.05 Å². The van der Waals surface area contributed by atoms with Gasteiger partial charge >= 0.3 is 0 Å². The van der Waals surface area contributed by atoms with E-state index in [0.29, 0.717) is 22.0 Å². The maximum atomic E-state index is 10.3. The summed E-state index contributed by atoms with van der Waals surface area (Å²) in [5.41, 5.74) is 2.30. The van der Waals surface area contributed by atoms with Gasteiger partial charge in [0, 0.05) is 12.7 Å².